The second-order valence-electron chi connectivity index (χ2n) is 7.03. The lowest BCUT2D eigenvalue weighted by atomic mass is 10.1. The highest BCUT2D eigenvalue weighted by atomic mass is 32.2. The largest absolute Gasteiger partial charge is 0.384 e. The van der Waals surface area contributed by atoms with Crippen LogP contribution >= 0.6 is 47.0 Å². The fourth-order valence-electron chi connectivity index (χ4n) is 3.03. The summed E-state index contributed by atoms with van der Waals surface area (Å²) in [6.45, 7) is 4.21. The van der Waals surface area contributed by atoms with Gasteiger partial charge in [0, 0.05) is 9.81 Å². The summed E-state index contributed by atoms with van der Waals surface area (Å²) in [7, 11) is 0. The van der Waals surface area contributed by atoms with E-state index in [-0.39, 0.29) is 13.2 Å². The van der Waals surface area contributed by atoms with E-state index in [1.54, 1.807) is 33.3 Å². The van der Waals surface area contributed by atoms with E-state index in [9.17, 15) is 0 Å². The van der Waals surface area contributed by atoms with Crippen molar-refractivity contribution < 1.29 is 10.2 Å². The van der Waals surface area contributed by atoms with E-state index in [1.165, 1.54) is 72.7 Å². The predicted octanol–water partition coefficient (Wildman–Crippen LogP) is 7.43. The molecule has 0 aromatic carbocycles. The SMILES string of the molecule is CCCCCCC1=C(CCCCCC)SC(=C2SC(C#CCO)=C(C#CCO)S2)S1. The maximum absolute atomic E-state index is 9.06. The van der Waals surface area contributed by atoms with Crippen molar-refractivity contribution in [3.05, 3.63) is 28.1 Å². The Kier molecular flexibility index (Phi) is 13.4. The van der Waals surface area contributed by atoms with Gasteiger partial charge in [0.25, 0.3) is 0 Å². The zero-order valence-corrected chi connectivity index (χ0v) is 21.3. The monoisotopic (exact) mass is 480 g/mol. The zero-order chi connectivity index (χ0) is 21.6. The average Bonchev–Trinajstić information content (AvgIpc) is 3.35. The molecule has 0 unspecified atom stereocenters. The average molecular weight is 481 g/mol. The summed E-state index contributed by atoms with van der Waals surface area (Å²) in [5.74, 6) is 11.6. The molecule has 0 aromatic rings. The predicted molar refractivity (Wildman–Crippen MR) is 139 cm³/mol. The molecule has 0 radical (unpaired) electrons. The van der Waals surface area contributed by atoms with Crippen LogP contribution in [0.25, 0.3) is 0 Å². The molecule has 164 valence electrons. The summed E-state index contributed by atoms with van der Waals surface area (Å²) in [6, 6.07) is 0. The number of hydrogen-bond acceptors (Lipinski definition) is 6. The van der Waals surface area contributed by atoms with Gasteiger partial charge in [-0.1, -0.05) is 123 Å². The van der Waals surface area contributed by atoms with Gasteiger partial charge in [0.2, 0.25) is 0 Å². The van der Waals surface area contributed by atoms with E-state index in [0.29, 0.717) is 0 Å². The van der Waals surface area contributed by atoms with Crippen LogP contribution in [0.15, 0.2) is 28.1 Å². The molecule has 2 aliphatic heterocycles. The van der Waals surface area contributed by atoms with Crippen LogP contribution in [0.1, 0.15) is 78.1 Å². The number of unbranched alkanes of at least 4 members (excludes halogenated alkanes) is 6. The Balaban J connectivity index is 2.11. The van der Waals surface area contributed by atoms with Crippen molar-refractivity contribution in [3.8, 4) is 23.7 Å². The van der Waals surface area contributed by atoms with Gasteiger partial charge in [0.1, 0.15) is 13.2 Å². The normalized spacial score (nSPS) is 16.1. The number of allylic oxidation sites excluding steroid dienone is 4. The van der Waals surface area contributed by atoms with Gasteiger partial charge in [-0.05, 0) is 25.7 Å². The van der Waals surface area contributed by atoms with E-state index >= 15 is 0 Å². The first-order valence-corrected chi connectivity index (χ1v) is 14.1. The van der Waals surface area contributed by atoms with Crippen LogP contribution < -0.4 is 0 Å². The third-order valence-corrected chi connectivity index (χ3v) is 10.3. The van der Waals surface area contributed by atoms with Crippen molar-refractivity contribution in [1.82, 2.24) is 0 Å². The second kappa shape index (κ2) is 15.5. The minimum absolute atomic E-state index is 0.157. The van der Waals surface area contributed by atoms with Crippen molar-refractivity contribution in [3.63, 3.8) is 0 Å². The van der Waals surface area contributed by atoms with Crippen LogP contribution in [0.5, 0.6) is 0 Å². The lowest BCUT2D eigenvalue weighted by Gasteiger charge is -2.05. The van der Waals surface area contributed by atoms with Gasteiger partial charge in [0.15, 0.2) is 0 Å². The maximum atomic E-state index is 9.06. The summed E-state index contributed by atoms with van der Waals surface area (Å²) in [6.07, 6.45) is 12.7. The Hall–Kier alpha value is -0.340. The topological polar surface area (TPSA) is 40.5 Å². The van der Waals surface area contributed by atoms with E-state index in [4.69, 9.17) is 10.2 Å². The summed E-state index contributed by atoms with van der Waals surface area (Å²) in [5.41, 5.74) is 0. The highest BCUT2D eigenvalue weighted by molar-refractivity contribution is 8.34. The van der Waals surface area contributed by atoms with Crippen LogP contribution in [-0.2, 0) is 0 Å². The molecular weight excluding hydrogens is 449 g/mol. The fraction of sp³-hybridized carbons (Fsp3) is 0.583. The number of thioether (sulfide) groups is 4. The molecule has 0 bridgehead atoms. The van der Waals surface area contributed by atoms with Crippen LogP contribution in [0.3, 0.4) is 0 Å². The quantitative estimate of drug-likeness (QED) is 0.250. The molecule has 0 amide bonds. The minimum Gasteiger partial charge on any atom is -0.384 e. The third kappa shape index (κ3) is 8.65. The molecule has 2 nitrogen and oxygen atoms in total. The Morgan fingerprint density at radius 1 is 0.600 bits per heavy atom. The molecule has 0 saturated carbocycles. The second-order valence-corrected chi connectivity index (χ2v) is 11.8. The summed E-state index contributed by atoms with van der Waals surface area (Å²) in [5, 5.41) is 18.1. The van der Waals surface area contributed by atoms with E-state index in [2.05, 4.69) is 37.5 Å². The molecule has 2 aliphatic rings. The highest BCUT2D eigenvalue weighted by Crippen LogP contribution is 2.61. The Morgan fingerprint density at radius 3 is 1.43 bits per heavy atom. The summed E-state index contributed by atoms with van der Waals surface area (Å²) in [4.78, 5) is 4.91. The number of rotatable bonds is 10. The molecule has 0 fully saturated rings. The van der Waals surface area contributed by atoms with Crippen molar-refractivity contribution in [2.75, 3.05) is 13.2 Å². The zero-order valence-electron chi connectivity index (χ0n) is 18.0. The first-order valence-electron chi connectivity index (χ1n) is 10.8. The minimum atomic E-state index is -0.157. The Morgan fingerprint density at radius 2 is 1.03 bits per heavy atom. The molecule has 30 heavy (non-hydrogen) atoms. The lowest BCUT2D eigenvalue weighted by molar-refractivity contribution is 0.350. The van der Waals surface area contributed by atoms with Gasteiger partial charge < -0.3 is 10.2 Å². The first-order chi connectivity index (χ1) is 14.7. The number of hydrogen-bond donors (Lipinski definition) is 2. The molecule has 0 saturated heterocycles. The van der Waals surface area contributed by atoms with Gasteiger partial charge in [-0.25, -0.2) is 0 Å². The molecule has 0 aromatic heterocycles. The number of aliphatic hydroxyl groups is 2. The summed E-state index contributed by atoms with van der Waals surface area (Å²) < 4.78 is 2.59. The molecule has 6 heteroatoms. The van der Waals surface area contributed by atoms with Crippen molar-refractivity contribution in [2.24, 2.45) is 0 Å². The molecule has 2 rings (SSSR count). The maximum Gasteiger partial charge on any atom is 0.104 e. The molecule has 2 N–H and O–H groups in total. The van der Waals surface area contributed by atoms with Crippen LogP contribution in [0, 0.1) is 23.7 Å². The summed E-state index contributed by atoms with van der Waals surface area (Å²) >= 11 is 7.22. The highest BCUT2D eigenvalue weighted by Gasteiger charge is 2.28. The number of aliphatic hydroxyl groups excluding tert-OH is 2. The molecule has 0 atom stereocenters. The van der Waals surface area contributed by atoms with Crippen LogP contribution in [0.2, 0.25) is 0 Å². The van der Waals surface area contributed by atoms with Crippen molar-refractivity contribution in [2.45, 2.75) is 78.1 Å². The van der Waals surface area contributed by atoms with Crippen LogP contribution in [-0.4, -0.2) is 23.4 Å². The van der Waals surface area contributed by atoms with Gasteiger partial charge in [0.05, 0.1) is 18.3 Å². The first kappa shape index (κ1) is 25.9. The van der Waals surface area contributed by atoms with Gasteiger partial charge >= 0.3 is 0 Å². The van der Waals surface area contributed by atoms with Crippen molar-refractivity contribution >= 4 is 47.0 Å². The third-order valence-electron chi connectivity index (χ3n) is 4.58. The molecular formula is C24H32O2S4. The molecule has 2 heterocycles. The smallest absolute Gasteiger partial charge is 0.104 e. The van der Waals surface area contributed by atoms with Gasteiger partial charge in [-0.15, -0.1) is 0 Å². The fourth-order valence-corrected chi connectivity index (χ4v) is 8.58. The van der Waals surface area contributed by atoms with Gasteiger partial charge in [-0.3, -0.25) is 0 Å². The van der Waals surface area contributed by atoms with Crippen molar-refractivity contribution in [1.29, 1.82) is 0 Å². The van der Waals surface area contributed by atoms with E-state index in [1.807, 2.05) is 23.5 Å². The standard InChI is InChI=1S/C24H32O2S4/c1-3-5-7-9-13-19-20(14-10-8-6-4-2)28-23(27-19)24-29-21(15-11-17-25)22(30-24)16-12-18-26/h25-26H,3-10,13-14,17-18H2,1-2H3. The Bertz CT molecular complexity index is 725. The Labute approximate surface area is 199 Å². The van der Waals surface area contributed by atoms with E-state index in [0.717, 1.165) is 9.81 Å². The lowest BCUT2D eigenvalue weighted by Crippen LogP contribution is -1.84. The molecule has 0 aliphatic carbocycles. The molecule has 0 spiro atoms. The van der Waals surface area contributed by atoms with E-state index < -0.39 is 0 Å². The van der Waals surface area contributed by atoms with Crippen LogP contribution in [0.4, 0.5) is 0 Å². The van der Waals surface area contributed by atoms with Gasteiger partial charge in [-0.2, -0.15) is 0 Å².